The van der Waals surface area contributed by atoms with E-state index in [-0.39, 0.29) is 26.2 Å². The molecule has 0 radical (unpaired) electrons. The van der Waals surface area contributed by atoms with Crippen LogP contribution in [0.15, 0.2) is 0 Å². The van der Waals surface area contributed by atoms with Crippen molar-refractivity contribution in [3.05, 3.63) is 0 Å². The summed E-state index contributed by atoms with van der Waals surface area (Å²) in [4.78, 5) is 25.7. The number of urea groups is 2. The molecule has 10 heteroatoms. The molecule has 0 aromatic carbocycles. The Bertz CT molecular complexity index is 522. The molecule has 0 spiro atoms. The van der Waals surface area contributed by atoms with Gasteiger partial charge >= 0.3 is 12.1 Å². The van der Waals surface area contributed by atoms with E-state index in [2.05, 4.69) is 10.6 Å². The zero-order valence-corrected chi connectivity index (χ0v) is 14.6. The summed E-state index contributed by atoms with van der Waals surface area (Å²) in [5.41, 5.74) is 0. The molecule has 0 saturated heterocycles. The molecule has 0 atom stereocenters. The first-order chi connectivity index (χ1) is 12.6. The third-order valence-corrected chi connectivity index (χ3v) is 3.28. The van der Waals surface area contributed by atoms with Crippen LogP contribution in [0.5, 0.6) is 0 Å². The standard InChI is InChI=1S/C16H22N8O2/c17-5-11-23(12-6-18)15(25)21-9-3-1-2-4-10-22-16(26)24(13-7-19)14-8-20/h1-4,9-14H2,(H,21,25)(H,22,26). The normalized spacial score (nSPS) is 8.92. The van der Waals surface area contributed by atoms with E-state index in [0.29, 0.717) is 13.1 Å². The third kappa shape index (κ3) is 10.3. The Balaban J connectivity index is 3.79. The van der Waals surface area contributed by atoms with Gasteiger partial charge < -0.3 is 10.6 Å². The fraction of sp³-hybridized carbons (Fsp3) is 0.625. The maximum Gasteiger partial charge on any atom is 0.319 e. The van der Waals surface area contributed by atoms with E-state index in [4.69, 9.17) is 21.0 Å². The molecule has 0 aliphatic carbocycles. The molecule has 0 rings (SSSR count). The molecule has 4 amide bonds. The maximum absolute atomic E-state index is 11.7. The van der Waals surface area contributed by atoms with Crippen LogP contribution in [-0.2, 0) is 0 Å². The van der Waals surface area contributed by atoms with Gasteiger partial charge in [0.05, 0.1) is 24.3 Å². The predicted octanol–water partition coefficient (Wildman–Crippen LogP) is 0.664. The van der Waals surface area contributed by atoms with E-state index >= 15 is 0 Å². The molecule has 0 aromatic heterocycles. The molecule has 0 bridgehead atoms. The molecule has 0 aliphatic rings. The summed E-state index contributed by atoms with van der Waals surface area (Å²) in [5, 5.41) is 39.7. The van der Waals surface area contributed by atoms with Crippen LogP contribution >= 0.6 is 0 Å². The average molecular weight is 358 g/mol. The summed E-state index contributed by atoms with van der Waals surface area (Å²) in [6.07, 6.45) is 3.16. The van der Waals surface area contributed by atoms with Gasteiger partial charge in [0.15, 0.2) is 0 Å². The Morgan fingerprint density at radius 2 is 0.923 bits per heavy atom. The number of hydrogen-bond donors (Lipinski definition) is 2. The van der Waals surface area contributed by atoms with E-state index in [1.54, 1.807) is 0 Å². The number of carbonyl (C=O) groups excluding carboxylic acids is 2. The number of hydrogen-bond acceptors (Lipinski definition) is 6. The smallest absolute Gasteiger partial charge is 0.319 e. The second-order valence-electron chi connectivity index (χ2n) is 5.22. The number of carbonyl (C=O) groups is 2. The van der Waals surface area contributed by atoms with Gasteiger partial charge in [0.25, 0.3) is 0 Å². The first-order valence-electron chi connectivity index (χ1n) is 8.14. The zero-order valence-electron chi connectivity index (χ0n) is 14.6. The van der Waals surface area contributed by atoms with Crippen molar-refractivity contribution in [2.24, 2.45) is 0 Å². The average Bonchev–Trinajstić information content (AvgIpc) is 2.63. The molecular formula is C16H22N8O2. The first-order valence-corrected chi connectivity index (χ1v) is 8.14. The molecule has 0 aromatic rings. The number of nitrogens with zero attached hydrogens (tertiary/aromatic N) is 6. The van der Waals surface area contributed by atoms with Gasteiger partial charge in [0, 0.05) is 13.1 Å². The van der Waals surface area contributed by atoms with Crippen LogP contribution in [0, 0.1) is 45.3 Å². The number of nitriles is 4. The Kier molecular flexibility index (Phi) is 13.0. The number of nitrogens with one attached hydrogen (secondary N) is 2. The van der Waals surface area contributed by atoms with Crippen LogP contribution in [0.2, 0.25) is 0 Å². The maximum atomic E-state index is 11.7. The van der Waals surface area contributed by atoms with Gasteiger partial charge in [-0.25, -0.2) is 9.59 Å². The molecule has 0 saturated carbocycles. The van der Waals surface area contributed by atoms with Gasteiger partial charge in [-0.2, -0.15) is 21.0 Å². The van der Waals surface area contributed by atoms with Gasteiger partial charge in [0.2, 0.25) is 0 Å². The lowest BCUT2D eigenvalue weighted by atomic mass is 10.2. The molecular weight excluding hydrogens is 336 g/mol. The van der Waals surface area contributed by atoms with Crippen LogP contribution in [0.3, 0.4) is 0 Å². The summed E-state index contributed by atoms with van der Waals surface area (Å²) in [7, 11) is 0. The van der Waals surface area contributed by atoms with Crippen molar-refractivity contribution in [3.63, 3.8) is 0 Å². The van der Waals surface area contributed by atoms with Gasteiger partial charge in [-0.3, -0.25) is 9.80 Å². The lowest BCUT2D eigenvalue weighted by Crippen LogP contribution is -2.41. The van der Waals surface area contributed by atoms with Gasteiger partial charge in [-0.05, 0) is 12.8 Å². The summed E-state index contributed by atoms with van der Waals surface area (Å²) in [6.45, 7) is 0.357. The highest BCUT2D eigenvalue weighted by Crippen LogP contribution is 1.99. The summed E-state index contributed by atoms with van der Waals surface area (Å²) in [5.74, 6) is 0. The molecule has 0 fully saturated rings. The Labute approximate surface area is 153 Å². The van der Waals surface area contributed by atoms with Gasteiger partial charge in [0.1, 0.15) is 26.2 Å². The van der Waals surface area contributed by atoms with E-state index < -0.39 is 12.1 Å². The quantitative estimate of drug-likeness (QED) is 0.407. The van der Waals surface area contributed by atoms with Gasteiger partial charge in [-0.15, -0.1) is 0 Å². The second kappa shape index (κ2) is 15.1. The van der Waals surface area contributed by atoms with Crippen molar-refractivity contribution in [1.82, 2.24) is 20.4 Å². The molecule has 138 valence electrons. The topological polar surface area (TPSA) is 160 Å². The van der Waals surface area contributed by atoms with E-state index in [0.717, 1.165) is 35.5 Å². The van der Waals surface area contributed by atoms with Crippen molar-refractivity contribution in [1.29, 1.82) is 21.0 Å². The summed E-state index contributed by atoms with van der Waals surface area (Å²) >= 11 is 0. The lowest BCUT2D eigenvalue weighted by Gasteiger charge is -2.17. The number of rotatable bonds is 11. The van der Waals surface area contributed by atoms with Crippen molar-refractivity contribution in [3.8, 4) is 24.3 Å². The highest BCUT2D eigenvalue weighted by atomic mass is 16.2. The molecule has 10 nitrogen and oxygen atoms in total. The summed E-state index contributed by atoms with van der Waals surface area (Å²) in [6, 6.07) is 6.46. The number of unbranched alkanes of at least 4 members (excludes halogenated alkanes) is 3. The monoisotopic (exact) mass is 358 g/mol. The Morgan fingerprint density at radius 3 is 1.19 bits per heavy atom. The zero-order chi connectivity index (χ0) is 19.6. The van der Waals surface area contributed by atoms with Crippen LogP contribution in [0.1, 0.15) is 25.7 Å². The first kappa shape index (κ1) is 22.5. The fourth-order valence-corrected chi connectivity index (χ4v) is 1.96. The minimum Gasteiger partial charge on any atom is -0.338 e. The van der Waals surface area contributed by atoms with Crippen LogP contribution in [0.25, 0.3) is 0 Å². The van der Waals surface area contributed by atoms with Crippen molar-refractivity contribution in [2.45, 2.75) is 25.7 Å². The Hall–Kier alpha value is -3.50. The SMILES string of the molecule is N#CCN(CC#N)C(=O)NCCCCCCNC(=O)N(CC#N)CC#N. The van der Waals surface area contributed by atoms with Crippen LogP contribution in [-0.4, -0.2) is 61.1 Å². The summed E-state index contributed by atoms with van der Waals surface area (Å²) < 4.78 is 0. The van der Waals surface area contributed by atoms with E-state index in [1.807, 2.05) is 24.3 Å². The minimum absolute atomic E-state index is 0.131. The van der Waals surface area contributed by atoms with Crippen molar-refractivity contribution >= 4 is 12.1 Å². The predicted molar refractivity (Wildman–Crippen MR) is 90.9 cm³/mol. The van der Waals surface area contributed by atoms with Crippen molar-refractivity contribution in [2.75, 3.05) is 39.3 Å². The molecule has 26 heavy (non-hydrogen) atoms. The molecule has 0 heterocycles. The number of amides is 4. The van der Waals surface area contributed by atoms with E-state index in [1.165, 1.54) is 0 Å². The second-order valence-corrected chi connectivity index (χ2v) is 5.22. The largest absolute Gasteiger partial charge is 0.338 e. The van der Waals surface area contributed by atoms with Gasteiger partial charge in [-0.1, -0.05) is 12.8 Å². The third-order valence-electron chi connectivity index (χ3n) is 3.28. The molecule has 0 aliphatic heterocycles. The fourth-order valence-electron chi connectivity index (χ4n) is 1.96. The highest BCUT2D eigenvalue weighted by molar-refractivity contribution is 5.75. The molecule has 0 unspecified atom stereocenters. The molecule has 2 N–H and O–H groups in total. The van der Waals surface area contributed by atoms with E-state index in [9.17, 15) is 9.59 Å². The minimum atomic E-state index is -0.435. The van der Waals surface area contributed by atoms with Crippen LogP contribution in [0.4, 0.5) is 9.59 Å². The lowest BCUT2D eigenvalue weighted by molar-refractivity contribution is 0.208. The van der Waals surface area contributed by atoms with Crippen molar-refractivity contribution < 1.29 is 9.59 Å². The highest BCUT2D eigenvalue weighted by Gasteiger charge is 2.12. The van der Waals surface area contributed by atoms with Crippen LogP contribution < -0.4 is 10.6 Å². The Morgan fingerprint density at radius 1 is 0.615 bits per heavy atom.